The van der Waals surface area contributed by atoms with Gasteiger partial charge in [0.25, 0.3) is 0 Å². The van der Waals surface area contributed by atoms with Crippen molar-refractivity contribution in [2.24, 2.45) is 0 Å². The van der Waals surface area contributed by atoms with Crippen molar-refractivity contribution in [2.45, 2.75) is 19.4 Å². The van der Waals surface area contributed by atoms with Crippen LogP contribution >= 0.6 is 0 Å². The van der Waals surface area contributed by atoms with Crippen LogP contribution in [0.5, 0.6) is 0 Å². The van der Waals surface area contributed by atoms with E-state index in [0.717, 1.165) is 0 Å². The molecule has 2 heterocycles. The van der Waals surface area contributed by atoms with E-state index in [-0.39, 0.29) is 22.9 Å². The monoisotopic (exact) mass is 342 g/mol. The molecule has 2 aromatic heterocycles. The van der Waals surface area contributed by atoms with Crippen LogP contribution in [0, 0.1) is 11.6 Å². The molecular weight excluding hydrogens is 326 g/mol. The van der Waals surface area contributed by atoms with E-state index in [2.05, 4.69) is 25.5 Å². The summed E-state index contributed by atoms with van der Waals surface area (Å²) in [7, 11) is 0. The van der Waals surface area contributed by atoms with Gasteiger partial charge in [-0.15, -0.1) is 10.2 Å². The predicted molar refractivity (Wildman–Crippen MR) is 90.5 cm³/mol. The Morgan fingerprint density at radius 3 is 2.52 bits per heavy atom. The largest absolute Gasteiger partial charge is 0.399 e. The zero-order valence-electron chi connectivity index (χ0n) is 13.7. The molecule has 1 aromatic carbocycles. The number of benzene rings is 1. The zero-order chi connectivity index (χ0) is 18.0. The summed E-state index contributed by atoms with van der Waals surface area (Å²) in [5.74, 6) is -0.739. The molecule has 0 radical (unpaired) electrons. The van der Waals surface area contributed by atoms with Gasteiger partial charge in [-0.3, -0.25) is 4.98 Å². The van der Waals surface area contributed by atoms with Crippen molar-refractivity contribution in [3.8, 4) is 11.3 Å². The Balaban J connectivity index is 1.86. The number of hydrogen-bond acceptors (Lipinski definition) is 6. The zero-order valence-corrected chi connectivity index (χ0v) is 13.7. The van der Waals surface area contributed by atoms with Crippen molar-refractivity contribution in [3.05, 3.63) is 60.1 Å². The van der Waals surface area contributed by atoms with E-state index in [0.29, 0.717) is 5.69 Å². The topological polar surface area (TPSA) is 89.6 Å². The van der Waals surface area contributed by atoms with Crippen molar-refractivity contribution in [3.63, 3.8) is 0 Å². The summed E-state index contributed by atoms with van der Waals surface area (Å²) in [4.78, 5) is 8.18. The molecule has 3 aromatic rings. The van der Waals surface area contributed by atoms with Crippen molar-refractivity contribution in [2.75, 3.05) is 11.1 Å². The molecule has 128 valence electrons. The first-order chi connectivity index (χ1) is 11.9. The van der Waals surface area contributed by atoms with Crippen LogP contribution in [0.1, 0.15) is 19.5 Å². The number of pyridine rings is 1. The van der Waals surface area contributed by atoms with Gasteiger partial charge >= 0.3 is 0 Å². The molecule has 0 spiro atoms. The molecule has 0 bridgehead atoms. The lowest BCUT2D eigenvalue weighted by atomic mass is 9.99. The Morgan fingerprint density at radius 1 is 1.04 bits per heavy atom. The second-order valence-electron chi connectivity index (χ2n) is 5.99. The Bertz CT molecular complexity index is 896. The number of nitrogen functional groups attached to an aromatic ring is 1. The van der Waals surface area contributed by atoms with Gasteiger partial charge in [0.1, 0.15) is 23.0 Å². The third-order valence-electron chi connectivity index (χ3n) is 3.60. The number of nitrogens with one attached hydrogen (secondary N) is 1. The van der Waals surface area contributed by atoms with Crippen molar-refractivity contribution in [1.29, 1.82) is 0 Å². The number of hydrogen-bond donors (Lipinski definition) is 2. The Labute approximate surface area is 143 Å². The highest BCUT2D eigenvalue weighted by atomic mass is 19.1. The summed E-state index contributed by atoms with van der Waals surface area (Å²) in [6.07, 6.45) is 2.88. The molecule has 0 unspecified atom stereocenters. The van der Waals surface area contributed by atoms with Crippen molar-refractivity contribution in [1.82, 2.24) is 20.2 Å². The van der Waals surface area contributed by atoms with Crippen LogP contribution in [-0.4, -0.2) is 20.2 Å². The summed E-state index contributed by atoms with van der Waals surface area (Å²) in [5, 5.41) is 10.9. The number of rotatable bonds is 4. The molecule has 0 atom stereocenters. The number of nitrogens with two attached hydrogens (primary N) is 1. The average Bonchev–Trinajstić information content (AvgIpc) is 2.58. The van der Waals surface area contributed by atoms with E-state index in [4.69, 9.17) is 5.73 Å². The van der Waals surface area contributed by atoms with Gasteiger partial charge in [0, 0.05) is 17.4 Å². The fourth-order valence-corrected chi connectivity index (χ4v) is 2.38. The molecule has 3 rings (SSSR count). The molecule has 0 aliphatic rings. The number of aromatic nitrogens is 4. The minimum atomic E-state index is -0.864. The number of halogens is 2. The highest BCUT2D eigenvalue weighted by Gasteiger charge is 2.26. The highest BCUT2D eigenvalue weighted by molar-refractivity contribution is 5.64. The highest BCUT2D eigenvalue weighted by Crippen LogP contribution is 2.25. The minimum Gasteiger partial charge on any atom is -0.399 e. The van der Waals surface area contributed by atoms with Gasteiger partial charge in [0.15, 0.2) is 0 Å². The molecular formula is C17H16F2N6. The van der Waals surface area contributed by atoms with Crippen LogP contribution in [0.4, 0.5) is 20.4 Å². The van der Waals surface area contributed by atoms with Crippen LogP contribution in [0.2, 0.25) is 0 Å². The lowest BCUT2D eigenvalue weighted by Gasteiger charge is -2.25. The fraction of sp³-hybridized carbons (Fsp3) is 0.176. The molecule has 0 amide bonds. The molecule has 0 aliphatic carbocycles. The third-order valence-corrected chi connectivity index (χ3v) is 3.60. The maximum atomic E-state index is 13.9. The summed E-state index contributed by atoms with van der Waals surface area (Å²) in [6.45, 7) is 3.49. The van der Waals surface area contributed by atoms with Gasteiger partial charge in [-0.1, -0.05) is 0 Å². The minimum absolute atomic E-state index is 0.170. The van der Waals surface area contributed by atoms with E-state index < -0.39 is 17.2 Å². The third kappa shape index (κ3) is 3.52. The lowest BCUT2D eigenvalue weighted by Crippen LogP contribution is -2.31. The first-order valence-electron chi connectivity index (χ1n) is 7.51. The SMILES string of the molecule is CC(C)(Nc1ncc(-c2cc(N)ccc2F)nn1)c1ncccc1F. The number of nitrogens with zero attached hydrogens (tertiary/aromatic N) is 4. The van der Waals surface area contributed by atoms with Gasteiger partial charge in [-0.2, -0.15) is 0 Å². The molecule has 0 saturated heterocycles. The summed E-state index contributed by atoms with van der Waals surface area (Å²) in [5.41, 5.74) is 5.90. The Morgan fingerprint density at radius 2 is 1.84 bits per heavy atom. The first-order valence-corrected chi connectivity index (χ1v) is 7.51. The molecule has 0 saturated carbocycles. The van der Waals surface area contributed by atoms with Crippen LogP contribution < -0.4 is 11.1 Å². The van der Waals surface area contributed by atoms with Crippen LogP contribution in [0.3, 0.4) is 0 Å². The molecule has 3 N–H and O–H groups in total. The van der Waals surface area contributed by atoms with Gasteiger partial charge in [0.05, 0.1) is 11.7 Å². The smallest absolute Gasteiger partial charge is 0.243 e. The quantitative estimate of drug-likeness (QED) is 0.708. The van der Waals surface area contributed by atoms with E-state index in [1.54, 1.807) is 13.8 Å². The normalized spacial score (nSPS) is 11.4. The molecule has 0 fully saturated rings. The molecule has 25 heavy (non-hydrogen) atoms. The van der Waals surface area contributed by atoms with Crippen LogP contribution in [-0.2, 0) is 5.54 Å². The van der Waals surface area contributed by atoms with E-state index in [1.807, 2.05) is 0 Å². The summed E-state index contributed by atoms with van der Waals surface area (Å²) >= 11 is 0. The molecule has 6 nitrogen and oxygen atoms in total. The Hall–Kier alpha value is -3.16. The predicted octanol–water partition coefficient (Wildman–Crippen LogP) is 3.14. The maximum Gasteiger partial charge on any atom is 0.243 e. The van der Waals surface area contributed by atoms with Gasteiger partial charge in [-0.25, -0.2) is 13.8 Å². The van der Waals surface area contributed by atoms with E-state index in [9.17, 15) is 8.78 Å². The van der Waals surface area contributed by atoms with Gasteiger partial charge < -0.3 is 11.1 Å². The molecule has 0 aliphatic heterocycles. The second kappa shape index (κ2) is 6.39. The average molecular weight is 342 g/mol. The van der Waals surface area contributed by atoms with Gasteiger partial charge in [0.2, 0.25) is 5.95 Å². The van der Waals surface area contributed by atoms with Crippen LogP contribution in [0.25, 0.3) is 11.3 Å². The fourth-order valence-electron chi connectivity index (χ4n) is 2.38. The Kier molecular flexibility index (Phi) is 4.26. The first kappa shape index (κ1) is 16.7. The summed E-state index contributed by atoms with van der Waals surface area (Å²) < 4.78 is 27.8. The maximum absolute atomic E-state index is 13.9. The molecule has 8 heteroatoms. The summed E-state index contributed by atoms with van der Waals surface area (Å²) in [6, 6.07) is 7.02. The number of anilines is 2. The van der Waals surface area contributed by atoms with E-state index >= 15 is 0 Å². The van der Waals surface area contributed by atoms with E-state index in [1.165, 1.54) is 42.7 Å². The van der Waals surface area contributed by atoms with Crippen LogP contribution in [0.15, 0.2) is 42.7 Å². The second-order valence-corrected chi connectivity index (χ2v) is 5.99. The lowest BCUT2D eigenvalue weighted by molar-refractivity contribution is 0.510. The van der Waals surface area contributed by atoms with Gasteiger partial charge in [-0.05, 0) is 44.2 Å². The van der Waals surface area contributed by atoms with Crippen molar-refractivity contribution < 1.29 is 8.78 Å². The standard InChI is InChI=1S/C17H16F2N6/c1-17(2,15-13(19)4-3-7-21-15)23-16-22-9-14(24-25-16)11-8-10(20)5-6-12(11)18/h3-9H,20H2,1-2H3,(H,22,23,25). The van der Waals surface area contributed by atoms with Crippen molar-refractivity contribution >= 4 is 11.6 Å².